The number of amides is 3. The summed E-state index contributed by atoms with van der Waals surface area (Å²) in [7, 11) is 0. The number of fused-ring (bicyclic) bond motifs is 1. The van der Waals surface area contributed by atoms with Crippen molar-refractivity contribution in [2.45, 2.75) is 38.6 Å². The number of carbonyl (C=O) groups excluding carboxylic acids is 2. The molecule has 2 aromatic rings. The van der Waals surface area contributed by atoms with Crippen LogP contribution in [0.2, 0.25) is 0 Å². The molecule has 0 spiro atoms. The highest BCUT2D eigenvalue weighted by Gasteiger charge is 2.23. The van der Waals surface area contributed by atoms with Crippen molar-refractivity contribution in [1.82, 2.24) is 10.3 Å². The number of anilines is 2. The number of pyridine rings is 1. The Hall–Kier alpha value is -2.75. The molecule has 1 saturated heterocycles. The molecule has 9 nitrogen and oxygen atoms in total. The predicted octanol–water partition coefficient (Wildman–Crippen LogP) is 1.93. The van der Waals surface area contributed by atoms with E-state index in [9.17, 15) is 9.59 Å². The second-order valence-electron chi connectivity index (χ2n) is 6.56. The Morgan fingerprint density at radius 3 is 2.67 bits per heavy atom. The molecule has 3 rings (SSSR count). The van der Waals surface area contributed by atoms with Gasteiger partial charge in [0.2, 0.25) is 5.06 Å². The minimum Gasteiger partial charge on any atom is -0.397 e. The van der Waals surface area contributed by atoms with Crippen LogP contribution < -0.4 is 32.2 Å². The average Bonchev–Trinajstić information content (AvgIpc) is 2.90. The van der Waals surface area contributed by atoms with Gasteiger partial charge >= 0.3 is 12.1 Å². The van der Waals surface area contributed by atoms with Crippen molar-refractivity contribution in [3.05, 3.63) is 11.6 Å². The van der Waals surface area contributed by atoms with E-state index in [1.54, 1.807) is 0 Å². The molecule has 0 saturated carbocycles. The van der Waals surface area contributed by atoms with Crippen LogP contribution >= 0.6 is 11.3 Å². The second kappa shape index (κ2) is 7.87. The number of ether oxygens (including phenoxy) is 1. The van der Waals surface area contributed by atoms with Crippen molar-refractivity contribution in [2.75, 3.05) is 23.7 Å². The number of primary amides is 2. The van der Waals surface area contributed by atoms with Gasteiger partial charge in [0.05, 0.1) is 5.69 Å². The Morgan fingerprint density at radius 1 is 1.37 bits per heavy atom. The second-order valence-corrected chi connectivity index (χ2v) is 7.53. The summed E-state index contributed by atoms with van der Waals surface area (Å²) in [6.07, 6.45) is 2.49. The van der Waals surface area contributed by atoms with Gasteiger partial charge in [-0.3, -0.25) is 0 Å². The number of urea groups is 1. The van der Waals surface area contributed by atoms with E-state index < -0.39 is 12.1 Å². The molecule has 10 heteroatoms. The van der Waals surface area contributed by atoms with Crippen molar-refractivity contribution in [1.29, 1.82) is 0 Å². The molecule has 3 amide bonds. The van der Waals surface area contributed by atoms with Crippen molar-refractivity contribution >= 4 is 45.2 Å². The number of thiophene rings is 1. The number of nitrogens with one attached hydrogen (secondary N) is 1. The normalized spacial score (nSPS) is 15.1. The summed E-state index contributed by atoms with van der Waals surface area (Å²) in [5.74, 6) is 0.857. The van der Waals surface area contributed by atoms with Gasteiger partial charge in [-0.05, 0) is 30.9 Å². The third kappa shape index (κ3) is 4.16. The van der Waals surface area contributed by atoms with Crippen LogP contribution in [0.1, 0.15) is 31.7 Å². The van der Waals surface area contributed by atoms with Crippen molar-refractivity contribution < 1.29 is 14.3 Å². The SMILES string of the molecule is CCCc1cc(N2CCC(NC(N)=O)CC2)nc2sc(OC(N)=O)c(N)c12. The minimum absolute atomic E-state index is 0.0885. The molecule has 7 N–H and O–H groups in total. The fraction of sp³-hybridized carbons (Fsp3) is 0.471. The maximum atomic E-state index is 11.1. The number of rotatable bonds is 5. The molecule has 0 bridgehead atoms. The van der Waals surface area contributed by atoms with Crippen molar-refractivity contribution in [3.8, 4) is 5.06 Å². The predicted molar refractivity (Wildman–Crippen MR) is 106 cm³/mol. The lowest BCUT2D eigenvalue weighted by atomic mass is 10.0. The van der Waals surface area contributed by atoms with Gasteiger partial charge in [-0.1, -0.05) is 24.7 Å². The van der Waals surface area contributed by atoms with Gasteiger partial charge in [0.1, 0.15) is 10.6 Å². The van der Waals surface area contributed by atoms with Crippen LogP contribution in [-0.2, 0) is 6.42 Å². The molecule has 0 atom stereocenters. The molecule has 0 aromatic carbocycles. The zero-order valence-electron chi connectivity index (χ0n) is 15.2. The Morgan fingerprint density at radius 2 is 2.07 bits per heavy atom. The van der Waals surface area contributed by atoms with E-state index in [-0.39, 0.29) is 11.1 Å². The van der Waals surface area contributed by atoms with E-state index in [1.807, 2.05) is 6.07 Å². The Kier molecular flexibility index (Phi) is 5.54. The summed E-state index contributed by atoms with van der Waals surface area (Å²) >= 11 is 1.22. The van der Waals surface area contributed by atoms with Crippen molar-refractivity contribution in [2.24, 2.45) is 11.5 Å². The Balaban J connectivity index is 1.90. The molecule has 2 aromatic heterocycles. The average molecular weight is 392 g/mol. The number of hydrogen-bond donors (Lipinski definition) is 4. The fourth-order valence-corrected chi connectivity index (χ4v) is 4.41. The molecular weight excluding hydrogens is 368 g/mol. The topological polar surface area (TPSA) is 150 Å². The first-order valence-corrected chi connectivity index (χ1v) is 9.70. The molecular formula is C17H24N6O3S. The standard InChI is InChI=1S/C17H24N6O3S/c1-2-3-9-8-11(23-6-4-10(5-7-23)21-16(19)24)22-14-12(9)13(18)15(27-14)26-17(20)25/h8,10H,2-7,18H2,1H3,(H2,20,25)(H3,19,21,24). The summed E-state index contributed by atoms with van der Waals surface area (Å²) in [6, 6.07) is 1.64. The number of aryl methyl sites for hydroxylation is 1. The van der Waals surface area contributed by atoms with Gasteiger partial charge in [0.15, 0.2) is 0 Å². The maximum Gasteiger partial charge on any atom is 0.410 e. The summed E-state index contributed by atoms with van der Waals surface area (Å²) in [6.45, 7) is 3.62. The molecule has 3 heterocycles. The zero-order chi connectivity index (χ0) is 19.6. The van der Waals surface area contributed by atoms with Gasteiger partial charge in [-0.15, -0.1) is 0 Å². The highest BCUT2D eigenvalue weighted by molar-refractivity contribution is 7.21. The van der Waals surface area contributed by atoms with Gasteiger partial charge in [0, 0.05) is 24.5 Å². The maximum absolute atomic E-state index is 11.1. The van der Waals surface area contributed by atoms with Crippen LogP contribution in [0.4, 0.5) is 21.1 Å². The largest absolute Gasteiger partial charge is 0.410 e. The molecule has 1 fully saturated rings. The van der Waals surface area contributed by atoms with E-state index in [0.717, 1.165) is 60.4 Å². The summed E-state index contributed by atoms with van der Waals surface area (Å²) in [5.41, 5.74) is 18.0. The summed E-state index contributed by atoms with van der Waals surface area (Å²) in [5, 5.41) is 3.87. The monoisotopic (exact) mass is 392 g/mol. The third-order valence-electron chi connectivity index (χ3n) is 4.61. The van der Waals surface area contributed by atoms with E-state index in [1.165, 1.54) is 11.3 Å². The Bertz CT molecular complexity index is 860. The molecule has 0 radical (unpaired) electrons. The molecule has 0 unspecified atom stereocenters. The van der Waals surface area contributed by atoms with Crippen LogP contribution in [0.3, 0.4) is 0 Å². The molecule has 27 heavy (non-hydrogen) atoms. The van der Waals surface area contributed by atoms with Gasteiger partial charge in [0.25, 0.3) is 0 Å². The van der Waals surface area contributed by atoms with E-state index >= 15 is 0 Å². The number of carbonyl (C=O) groups is 2. The molecule has 146 valence electrons. The third-order valence-corrected chi connectivity index (χ3v) is 5.59. The highest BCUT2D eigenvalue weighted by atomic mass is 32.1. The summed E-state index contributed by atoms with van der Waals surface area (Å²) in [4.78, 5) is 29.8. The van der Waals surface area contributed by atoms with Crippen LogP contribution in [0.25, 0.3) is 10.2 Å². The number of piperidine rings is 1. The lowest BCUT2D eigenvalue weighted by Gasteiger charge is -2.33. The molecule has 1 aliphatic rings. The van der Waals surface area contributed by atoms with Crippen LogP contribution in [0.15, 0.2) is 6.07 Å². The van der Waals surface area contributed by atoms with E-state index in [2.05, 4.69) is 17.1 Å². The van der Waals surface area contributed by atoms with Gasteiger partial charge in [-0.2, -0.15) is 0 Å². The lowest BCUT2D eigenvalue weighted by Crippen LogP contribution is -2.46. The minimum atomic E-state index is -0.894. The number of hydrogen-bond acceptors (Lipinski definition) is 7. The van der Waals surface area contributed by atoms with Gasteiger partial charge < -0.3 is 32.2 Å². The highest BCUT2D eigenvalue weighted by Crippen LogP contribution is 2.42. The zero-order valence-corrected chi connectivity index (χ0v) is 16.0. The van der Waals surface area contributed by atoms with Crippen molar-refractivity contribution in [3.63, 3.8) is 0 Å². The first-order valence-electron chi connectivity index (χ1n) is 8.89. The lowest BCUT2D eigenvalue weighted by molar-refractivity contribution is 0.212. The molecule has 1 aliphatic heterocycles. The van der Waals surface area contributed by atoms with E-state index in [0.29, 0.717) is 5.69 Å². The summed E-state index contributed by atoms with van der Waals surface area (Å²) < 4.78 is 5.03. The van der Waals surface area contributed by atoms with E-state index in [4.69, 9.17) is 26.9 Å². The fourth-order valence-electron chi connectivity index (χ4n) is 3.41. The van der Waals surface area contributed by atoms with Crippen LogP contribution in [-0.4, -0.2) is 36.2 Å². The first kappa shape index (κ1) is 19.0. The van der Waals surface area contributed by atoms with Crippen LogP contribution in [0.5, 0.6) is 5.06 Å². The number of nitrogens with zero attached hydrogens (tertiary/aromatic N) is 2. The first-order chi connectivity index (χ1) is 12.9. The van der Waals surface area contributed by atoms with Crippen LogP contribution in [0, 0.1) is 0 Å². The molecule has 0 aliphatic carbocycles. The number of nitrogen functional groups attached to an aromatic ring is 1. The number of nitrogens with two attached hydrogens (primary N) is 3. The smallest absolute Gasteiger partial charge is 0.397 e. The number of aromatic nitrogens is 1. The van der Waals surface area contributed by atoms with Gasteiger partial charge in [-0.25, -0.2) is 14.6 Å². The Labute approximate surface area is 160 Å². The quantitative estimate of drug-likeness (QED) is 0.610.